The molecule has 2 N–H and O–H groups in total. The molecular formula is C16H34N4O6S. The van der Waals surface area contributed by atoms with Crippen molar-refractivity contribution in [3.63, 3.8) is 0 Å². The zero-order valence-corrected chi connectivity index (χ0v) is 18.0. The first-order valence-corrected chi connectivity index (χ1v) is 9.58. The van der Waals surface area contributed by atoms with Crippen LogP contribution in [-0.4, -0.2) is 79.8 Å². The standard InChI is InChI=1S/2C8H16N2O.H2O4S/c2*1-5-7-10(3,4)9-8(11)6-2;1-5(2,3)4/h2*6H,2,5,7H2,1,3-4H3;(H2,1,2,3,4). The van der Waals surface area contributed by atoms with Gasteiger partial charge in [0, 0.05) is 22.6 Å². The van der Waals surface area contributed by atoms with E-state index < -0.39 is 10.4 Å². The van der Waals surface area contributed by atoms with Gasteiger partial charge in [-0.15, -0.1) is 0 Å². The average molecular weight is 411 g/mol. The van der Waals surface area contributed by atoms with Crippen molar-refractivity contribution < 1.29 is 36.3 Å². The van der Waals surface area contributed by atoms with Gasteiger partial charge in [-0.25, -0.2) is 9.18 Å². The summed E-state index contributed by atoms with van der Waals surface area (Å²) >= 11 is 0. The molecule has 0 aliphatic heterocycles. The SMILES string of the molecule is C=CC(=O)N[N+](C)(C)CCC.C=CC(=O)N[N+](C)(C)CCC.O=S(=O)([O-])[O-]. The Balaban J connectivity index is -0.000000344. The molecule has 0 bridgehead atoms. The van der Waals surface area contributed by atoms with Gasteiger partial charge in [-0.2, -0.15) is 10.9 Å². The summed E-state index contributed by atoms with van der Waals surface area (Å²) in [6.45, 7) is 12.8. The molecule has 10 nitrogen and oxygen atoms in total. The molecule has 160 valence electrons. The first-order valence-electron chi connectivity index (χ1n) is 8.25. The first kappa shape index (κ1) is 30.0. The summed E-state index contributed by atoms with van der Waals surface area (Å²) in [5.74, 6) is -0.244. The van der Waals surface area contributed by atoms with Crippen molar-refractivity contribution in [3.8, 4) is 0 Å². The molecule has 0 aliphatic carbocycles. The molecule has 27 heavy (non-hydrogen) atoms. The Morgan fingerprint density at radius 1 is 0.852 bits per heavy atom. The normalized spacial score (nSPS) is 11.0. The molecule has 0 saturated heterocycles. The molecule has 11 heteroatoms. The number of amides is 2. The van der Waals surface area contributed by atoms with Crippen molar-refractivity contribution in [2.75, 3.05) is 41.3 Å². The second-order valence-electron chi connectivity index (χ2n) is 6.59. The summed E-state index contributed by atoms with van der Waals surface area (Å²) in [5, 5.41) is 0. The maximum absolute atomic E-state index is 10.9. The second-order valence-corrected chi connectivity index (χ2v) is 7.40. The Bertz CT molecular complexity index is 529. The van der Waals surface area contributed by atoms with Gasteiger partial charge in [0.2, 0.25) is 0 Å². The topological polar surface area (TPSA) is 138 Å². The number of nitrogens with one attached hydrogen (secondary N) is 2. The second kappa shape index (κ2) is 14.3. The predicted molar refractivity (Wildman–Crippen MR) is 102 cm³/mol. The summed E-state index contributed by atoms with van der Waals surface area (Å²) in [4.78, 5) is 21.7. The number of rotatable bonds is 8. The Labute approximate surface area is 163 Å². The van der Waals surface area contributed by atoms with Crippen molar-refractivity contribution in [1.82, 2.24) is 10.9 Å². The Morgan fingerprint density at radius 3 is 1.22 bits per heavy atom. The number of nitrogens with zero attached hydrogens (tertiary/aromatic N) is 2. The van der Waals surface area contributed by atoms with E-state index in [2.05, 4.69) is 37.9 Å². The fourth-order valence-corrected chi connectivity index (χ4v) is 1.92. The highest BCUT2D eigenvalue weighted by Crippen LogP contribution is 1.93. The van der Waals surface area contributed by atoms with Crippen molar-refractivity contribution in [3.05, 3.63) is 25.3 Å². The first-order chi connectivity index (χ1) is 12.0. The van der Waals surface area contributed by atoms with Crippen LogP contribution in [0.1, 0.15) is 26.7 Å². The highest BCUT2D eigenvalue weighted by atomic mass is 32.3. The van der Waals surface area contributed by atoms with Crippen LogP contribution in [0.2, 0.25) is 0 Å². The molecule has 0 aromatic heterocycles. The van der Waals surface area contributed by atoms with Crippen LogP contribution in [0.15, 0.2) is 25.3 Å². The van der Waals surface area contributed by atoms with E-state index in [0.29, 0.717) is 9.18 Å². The third kappa shape index (κ3) is 29.2. The molecule has 0 aliphatic rings. The minimum absolute atomic E-state index is 0.122. The van der Waals surface area contributed by atoms with Crippen LogP contribution in [0.4, 0.5) is 0 Å². The monoisotopic (exact) mass is 410 g/mol. The Hall–Kier alpha value is -1.79. The van der Waals surface area contributed by atoms with Crippen LogP contribution in [-0.2, 0) is 20.0 Å². The van der Waals surface area contributed by atoms with Crippen LogP contribution in [0.25, 0.3) is 0 Å². The summed E-state index contributed by atoms with van der Waals surface area (Å²) in [6, 6.07) is 0. The molecule has 0 aromatic carbocycles. The van der Waals surface area contributed by atoms with E-state index >= 15 is 0 Å². The number of carbonyl (C=O) groups is 2. The predicted octanol–water partition coefficient (Wildman–Crippen LogP) is 0.0420. The highest BCUT2D eigenvalue weighted by molar-refractivity contribution is 7.79. The molecule has 0 rings (SSSR count). The Kier molecular flexibility index (Phi) is 15.9. The fraction of sp³-hybridized carbons (Fsp3) is 0.625. The van der Waals surface area contributed by atoms with E-state index in [-0.39, 0.29) is 11.8 Å². The lowest BCUT2D eigenvalue weighted by molar-refractivity contribution is -0.924. The van der Waals surface area contributed by atoms with Crippen molar-refractivity contribution >= 4 is 22.2 Å². The van der Waals surface area contributed by atoms with E-state index in [0.717, 1.165) is 25.9 Å². The van der Waals surface area contributed by atoms with Crippen molar-refractivity contribution in [2.24, 2.45) is 0 Å². The number of quaternary nitrogens is 2. The lowest BCUT2D eigenvalue weighted by atomic mass is 10.4. The third-order valence-electron chi connectivity index (χ3n) is 2.76. The average Bonchev–Trinajstić information content (AvgIpc) is 2.44. The van der Waals surface area contributed by atoms with E-state index in [1.165, 1.54) is 12.2 Å². The van der Waals surface area contributed by atoms with Crippen molar-refractivity contribution in [1.29, 1.82) is 0 Å². The van der Waals surface area contributed by atoms with E-state index in [1.807, 2.05) is 28.2 Å². The molecule has 0 unspecified atom stereocenters. The molecule has 0 aromatic rings. The minimum Gasteiger partial charge on any atom is -0.759 e. The molecular weight excluding hydrogens is 376 g/mol. The van der Waals surface area contributed by atoms with Crippen LogP contribution in [0.5, 0.6) is 0 Å². The zero-order valence-electron chi connectivity index (χ0n) is 17.1. The Morgan fingerprint density at radius 2 is 1.07 bits per heavy atom. The maximum atomic E-state index is 10.9. The van der Waals surface area contributed by atoms with Gasteiger partial charge < -0.3 is 9.11 Å². The number of carbonyl (C=O) groups excluding carboxylic acids is 2. The molecule has 0 saturated carbocycles. The van der Waals surface area contributed by atoms with E-state index in [9.17, 15) is 9.59 Å². The van der Waals surface area contributed by atoms with Crippen molar-refractivity contribution in [2.45, 2.75) is 26.7 Å². The van der Waals surface area contributed by atoms with Gasteiger partial charge in [-0.1, -0.05) is 27.0 Å². The number of hydrogen-bond acceptors (Lipinski definition) is 6. The van der Waals surface area contributed by atoms with E-state index in [4.69, 9.17) is 17.5 Å². The van der Waals surface area contributed by atoms with Gasteiger partial charge in [0.05, 0.1) is 28.2 Å². The van der Waals surface area contributed by atoms with E-state index in [1.54, 1.807) is 0 Å². The third-order valence-corrected chi connectivity index (χ3v) is 2.76. The largest absolute Gasteiger partial charge is 0.759 e. The molecule has 0 heterocycles. The lowest BCUT2D eigenvalue weighted by Crippen LogP contribution is -2.54. The van der Waals surface area contributed by atoms with Gasteiger partial charge in [0.15, 0.2) is 0 Å². The molecule has 0 atom stereocenters. The molecule has 0 spiro atoms. The minimum atomic E-state index is -5.17. The highest BCUT2D eigenvalue weighted by Gasteiger charge is 2.15. The maximum Gasteiger partial charge on any atom is 0.288 e. The van der Waals surface area contributed by atoms with Crippen LogP contribution >= 0.6 is 0 Å². The van der Waals surface area contributed by atoms with Gasteiger partial charge in [-0.3, -0.25) is 18.0 Å². The summed E-state index contributed by atoms with van der Waals surface area (Å²) < 4.78 is 35.1. The van der Waals surface area contributed by atoms with Gasteiger partial charge in [0.1, 0.15) is 13.1 Å². The summed E-state index contributed by atoms with van der Waals surface area (Å²) in [6.07, 6.45) is 4.67. The zero-order chi connectivity index (χ0) is 22.3. The summed E-state index contributed by atoms with van der Waals surface area (Å²) in [5.41, 5.74) is 5.57. The summed E-state index contributed by atoms with van der Waals surface area (Å²) in [7, 11) is 2.63. The van der Waals surface area contributed by atoms with Crippen LogP contribution < -0.4 is 10.9 Å². The smallest absolute Gasteiger partial charge is 0.288 e. The van der Waals surface area contributed by atoms with Gasteiger partial charge >= 0.3 is 0 Å². The van der Waals surface area contributed by atoms with Crippen LogP contribution in [0, 0.1) is 0 Å². The fourth-order valence-electron chi connectivity index (χ4n) is 1.92. The quantitative estimate of drug-likeness (QED) is 0.190. The molecule has 0 radical (unpaired) electrons. The molecule has 2 amide bonds. The van der Waals surface area contributed by atoms with Gasteiger partial charge in [0.25, 0.3) is 11.8 Å². The number of hydrogen-bond donors (Lipinski definition) is 2. The lowest BCUT2D eigenvalue weighted by Gasteiger charge is -2.27. The van der Waals surface area contributed by atoms with Crippen LogP contribution in [0.3, 0.4) is 0 Å². The van der Waals surface area contributed by atoms with Gasteiger partial charge in [-0.05, 0) is 12.8 Å². The molecule has 0 fully saturated rings.